The van der Waals surface area contributed by atoms with Gasteiger partial charge in [-0.1, -0.05) is 12.1 Å². The molecule has 138 valence electrons. The predicted molar refractivity (Wildman–Crippen MR) is 98.3 cm³/mol. The Bertz CT molecular complexity index is 906. The van der Waals surface area contributed by atoms with Crippen LogP contribution in [0, 0.1) is 0 Å². The average molecular weight is 375 g/mol. The Hall–Kier alpha value is -2.71. The molecule has 2 aromatic carbocycles. The molecule has 0 bridgehead atoms. The third kappa shape index (κ3) is 4.68. The molecule has 0 radical (unpaired) electrons. The van der Waals surface area contributed by atoms with Gasteiger partial charge in [0.15, 0.2) is 0 Å². The normalized spacial score (nSPS) is 11.0. The lowest BCUT2D eigenvalue weighted by atomic mass is 10.1. The van der Waals surface area contributed by atoms with Crippen LogP contribution in [0.4, 0.5) is 0 Å². The van der Waals surface area contributed by atoms with Crippen molar-refractivity contribution < 1.29 is 18.0 Å². The van der Waals surface area contributed by atoms with Gasteiger partial charge in [0.2, 0.25) is 10.0 Å². The van der Waals surface area contributed by atoms with Crippen molar-refractivity contribution in [3.63, 3.8) is 0 Å². The first-order valence-corrected chi connectivity index (χ1v) is 9.35. The van der Waals surface area contributed by atoms with Gasteiger partial charge in [0.1, 0.15) is 0 Å². The van der Waals surface area contributed by atoms with Crippen LogP contribution in [0.1, 0.15) is 26.3 Å². The lowest BCUT2D eigenvalue weighted by molar-refractivity contribution is 0.0827. The highest BCUT2D eigenvalue weighted by molar-refractivity contribution is 7.89. The van der Waals surface area contributed by atoms with E-state index >= 15 is 0 Å². The van der Waals surface area contributed by atoms with Gasteiger partial charge in [0, 0.05) is 38.8 Å². The highest BCUT2D eigenvalue weighted by atomic mass is 32.2. The van der Waals surface area contributed by atoms with Gasteiger partial charge in [0.25, 0.3) is 11.8 Å². The Kier molecular flexibility index (Phi) is 6.12. The number of nitrogens with one attached hydrogen (secondary N) is 2. The number of hydrogen-bond donors (Lipinski definition) is 2. The maximum absolute atomic E-state index is 12.4. The van der Waals surface area contributed by atoms with E-state index in [9.17, 15) is 18.0 Å². The minimum atomic E-state index is -3.73. The number of rotatable bonds is 6. The van der Waals surface area contributed by atoms with E-state index in [0.29, 0.717) is 16.7 Å². The fraction of sp³-hybridized carbons (Fsp3) is 0.222. The zero-order valence-electron chi connectivity index (χ0n) is 14.8. The molecule has 0 fully saturated rings. The average Bonchev–Trinajstić information content (AvgIpc) is 2.65. The molecular weight excluding hydrogens is 354 g/mol. The van der Waals surface area contributed by atoms with Crippen LogP contribution in [-0.4, -0.2) is 46.3 Å². The van der Waals surface area contributed by atoms with Gasteiger partial charge in [-0.25, -0.2) is 13.1 Å². The van der Waals surface area contributed by atoms with Gasteiger partial charge in [-0.3, -0.25) is 9.59 Å². The zero-order chi connectivity index (χ0) is 19.3. The third-order valence-corrected chi connectivity index (χ3v) is 5.12. The summed E-state index contributed by atoms with van der Waals surface area (Å²) in [5.41, 5.74) is 1.53. The van der Waals surface area contributed by atoms with Crippen molar-refractivity contribution in [2.24, 2.45) is 0 Å². The topological polar surface area (TPSA) is 95.6 Å². The maximum Gasteiger partial charge on any atom is 0.253 e. The summed E-state index contributed by atoms with van der Waals surface area (Å²) < 4.78 is 27.3. The Morgan fingerprint density at radius 3 is 2.23 bits per heavy atom. The van der Waals surface area contributed by atoms with Crippen molar-refractivity contribution in [1.29, 1.82) is 0 Å². The van der Waals surface area contributed by atoms with Crippen molar-refractivity contribution in [3.05, 3.63) is 65.2 Å². The van der Waals surface area contributed by atoms with Crippen molar-refractivity contribution >= 4 is 21.8 Å². The molecule has 26 heavy (non-hydrogen) atoms. The number of carbonyl (C=O) groups is 2. The van der Waals surface area contributed by atoms with Crippen LogP contribution < -0.4 is 10.0 Å². The molecule has 0 aliphatic heterocycles. The zero-order valence-corrected chi connectivity index (χ0v) is 15.6. The molecule has 0 unspecified atom stereocenters. The van der Waals surface area contributed by atoms with E-state index in [1.807, 2.05) is 0 Å². The molecule has 7 nitrogen and oxygen atoms in total. The molecule has 0 atom stereocenters. The Morgan fingerprint density at radius 2 is 1.65 bits per heavy atom. The van der Waals surface area contributed by atoms with E-state index in [-0.39, 0.29) is 23.3 Å². The van der Waals surface area contributed by atoms with E-state index < -0.39 is 10.0 Å². The quantitative estimate of drug-likeness (QED) is 0.794. The second-order valence-corrected chi connectivity index (χ2v) is 7.59. The molecule has 0 aliphatic carbocycles. The Morgan fingerprint density at radius 1 is 1.00 bits per heavy atom. The second kappa shape index (κ2) is 8.11. The molecule has 0 aliphatic rings. The number of benzene rings is 2. The van der Waals surface area contributed by atoms with Gasteiger partial charge in [0.05, 0.1) is 4.90 Å². The number of carbonyl (C=O) groups excluding carboxylic acids is 2. The molecule has 2 rings (SSSR count). The van der Waals surface area contributed by atoms with Gasteiger partial charge in [-0.2, -0.15) is 0 Å². The number of nitrogens with zero attached hydrogens (tertiary/aromatic N) is 1. The lowest BCUT2D eigenvalue weighted by Crippen LogP contribution is -2.24. The summed E-state index contributed by atoms with van der Waals surface area (Å²) in [7, 11) is 1.08. The maximum atomic E-state index is 12.4. The summed E-state index contributed by atoms with van der Waals surface area (Å²) in [5, 5.41) is 2.47. The standard InChI is InChI=1S/C18H21N3O4S/c1-19-17(22)14-7-9-16(10-8-14)26(24,25)20-12-13-5-4-6-15(11-13)18(23)21(2)3/h4-11,20H,12H2,1-3H3,(H,19,22). The molecule has 2 amide bonds. The van der Waals surface area contributed by atoms with Crippen molar-refractivity contribution in [3.8, 4) is 0 Å². The molecule has 0 saturated heterocycles. The van der Waals surface area contributed by atoms with E-state index in [4.69, 9.17) is 0 Å². The van der Waals surface area contributed by atoms with Gasteiger partial charge < -0.3 is 10.2 Å². The third-order valence-electron chi connectivity index (χ3n) is 3.70. The monoisotopic (exact) mass is 375 g/mol. The summed E-state index contributed by atoms with van der Waals surface area (Å²) in [5.74, 6) is -0.441. The van der Waals surface area contributed by atoms with Crippen LogP contribution in [-0.2, 0) is 16.6 Å². The molecule has 0 aromatic heterocycles. The van der Waals surface area contributed by atoms with Crippen LogP contribution >= 0.6 is 0 Å². The largest absolute Gasteiger partial charge is 0.355 e. The van der Waals surface area contributed by atoms with Crippen molar-refractivity contribution in [1.82, 2.24) is 14.9 Å². The fourth-order valence-electron chi connectivity index (χ4n) is 2.26. The minimum Gasteiger partial charge on any atom is -0.355 e. The van der Waals surface area contributed by atoms with Gasteiger partial charge >= 0.3 is 0 Å². The van der Waals surface area contributed by atoms with Gasteiger partial charge in [-0.15, -0.1) is 0 Å². The van der Waals surface area contributed by atoms with Crippen LogP contribution in [0.15, 0.2) is 53.4 Å². The second-order valence-electron chi connectivity index (χ2n) is 5.83. The Balaban J connectivity index is 2.12. The number of amides is 2. The Labute approximate surface area is 153 Å². The van der Waals surface area contributed by atoms with Crippen molar-refractivity contribution in [2.75, 3.05) is 21.1 Å². The molecule has 0 saturated carbocycles. The molecule has 2 aromatic rings. The summed E-state index contributed by atoms with van der Waals surface area (Å²) >= 11 is 0. The first-order valence-electron chi connectivity index (χ1n) is 7.87. The number of hydrogen-bond acceptors (Lipinski definition) is 4. The minimum absolute atomic E-state index is 0.0497. The smallest absolute Gasteiger partial charge is 0.253 e. The molecule has 8 heteroatoms. The number of sulfonamides is 1. The molecule has 2 N–H and O–H groups in total. The van der Waals surface area contributed by atoms with Gasteiger partial charge in [-0.05, 0) is 42.0 Å². The van der Waals surface area contributed by atoms with E-state index in [2.05, 4.69) is 10.0 Å². The SMILES string of the molecule is CNC(=O)c1ccc(S(=O)(=O)NCc2cccc(C(=O)N(C)C)c2)cc1. The van der Waals surface area contributed by atoms with Crippen molar-refractivity contribution in [2.45, 2.75) is 11.4 Å². The van der Waals surface area contributed by atoms with Crippen LogP contribution in [0.3, 0.4) is 0 Å². The first kappa shape index (κ1) is 19.6. The molecule has 0 spiro atoms. The highest BCUT2D eigenvalue weighted by Gasteiger charge is 2.15. The molecule has 0 heterocycles. The van der Waals surface area contributed by atoms with E-state index in [1.165, 1.54) is 36.2 Å². The fourth-order valence-corrected chi connectivity index (χ4v) is 3.28. The first-order chi connectivity index (χ1) is 12.2. The van der Waals surface area contributed by atoms with E-state index in [0.717, 1.165) is 0 Å². The summed E-state index contributed by atoms with van der Waals surface area (Å²) in [6.07, 6.45) is 0. The lowest BCUT2D eigenvalue weighted by Gasteiger charge is -2.12. The van der Waals surface area contributed by atoms with Crippen LogP contribution in [0.5, 0.6) is 0 Å². The summed E-state index contributed by atoms with van der Waals surface area (Å²) in [4.78, 5) is 25.0. The summed E-state index contributed by atoms with van der Waals surface area (Å²) in [6.45, 7) is 0.0497. The van der Waals surface area contributed by atoms with Crippen LogP contribution in [0.25, 0.3) is 0 Å². The van der Waals surface area contributed by atoms with Crippen LogP contribution in [0.2, 0.25) is 0 Å². The highest BCUT2D eigenvalue weighted by Crippen LogP contribution is 2.12. The molecular formula is C18H21N3O4S. The predicted octanol–water partition coefficient (Wildman–Crippen LogP) is 1.23. The summed E-state index contributed by atoms with van der Waals surface area (Å²) in [6, 6.07) is 12.4. The van der Waals surface area contributed by atoms with E-state index in [1.54, 1.807) is 38.4 Å².